The summed E-state index contributed by atoms with van der Waals surface area (Å²) in [5, 5.41) is 12.0. The lowest BCUT2D eigenvalue weighted by atomic mass is 9.73. The fourth-order valence-electron chi connectivity index (χ4n) is 3.99. The van der Waals surface area contributed by atoms with E-state index in [4.69, 9.17) is 0 Å². The average Bonchev–Trinajstić information content (AvgIpc) is 3.35. The molecule has 23 heavy (non-hydrogen) atoms. The number of rotatable bonds is 4. The van der Waals surface area contributed by atoms with Crippen LogP contribution in [0.3, 0.4) is 0 Å². The summed E-state index contributed by atoms with van der Waals surface area (Å²) in [5.41, 5.74) is -1.46. The molecule has 1 saturated heterocycles. The molecular formula is C17H23N3O3. The normalized spacial score (nSPS) is 26.0. The van der Waals surface area contributed by atoms with Crippen LogP contribution >= 0.6 is 0 Å². The predicted octanol–water partition coefficient (Wildman–Crippen LogP) is 1.50. The zero-order chi connectivity index (χ0) is 16.7. The van der Waals surface area contributed by atoms with Crippen LogP contribution in [-0.2, 0) is 14.4 Å². The molecule has 6 heteroatoms. The number of likely N-dealkylation sites (tertiary alicyclic amines) is 1. The monoisotopic (exact) mass is 317 g/mol. The van der Waals surface area contributed by atoms with Crippen LogP contribution in [0.5, 0.6) is 0 Å². The van der Waals surface area contributed by atoms with Crippen LogP contribution in [0.25, 0.3) is 0 Å². The van der Waals surface area contributed by atoms with Crippen LogP contribution in [-0.4, -0.2) is 34.7 Å². The molecule has 1 aliphatic heterocycles. The minimum Gasteiger partial charge on any atom is -0.336 e. The fraction of sp³-hybridized carbons (Fsp3) is 0.765. The highest BCUT2D eigenvalue weighted by Gasteiger charge is 2.52. The van der Waals surface area contributed by atoms with Crippen LogP contribution in [0, 0.1) is 22.7 Å². The van der Waals surface area contributed by atoms with Gasteiger partial charge in [-0.05, 0) is 38.5 Å². The molecule has 0 aromatic carbocycles. The van der Waals surface area contributed by atoms with Gasteiger partial charge in [-0.2, -0.15) is 5.26 Å². The highest BCUT2D eigenvalue weighted by molar-refractivity contribution is 6.08. The van der Waals surface area contributed by atoms with Crippen molar-refractivity contribution in [1.29, 1.82) is 5.26 Å². The lowest BCUT2D eigenvalue weighted by molar-refractivity contribution is -0.145. The Balaban J connectivity index is 1.65. The zero-order valence-electron chi connectivity index (χ0n) is 13.6. The number of amides is 3. The minimum absolute atomic E-state index is 0.172. The first-order valence-electron chi connectivity index (χ1n) is 8.47. The van der Waals surface area contributed by atoms with Gasteiger partial charge in [0.2, 0.25) is 17.7 Å². The molecule has 3 rings (SSSR count). The first kappa shape index (κ1) is 16.0. The quantitative estimate of drug-likeness (QED) is 0.796. The van der Waals surface area contributed by atoms with Gasteiger partial charge in [-0.25, -0.2) is 0 Å². The lowest BCUT2D eigenvalue weighted by Gasteiger charge is -2.30. The fourth-order valence-corrected chi connectivity index (χ4v) is 3.99. The molecule has 0 radical (unpaired) electrons. The summed E-state index contributed by atoms with van der Waals surface area (Å²) >= 11 is 0. The van der Waals surface area contributed by atoms with Crippen molar-refractivity contribution in [3.05, 3.63) is 0 Å². The molecule has 2 saturated carbocycles. The van der Waals surface area contributed by atoms with Gasteiger partial charge in [0.05, 0.1) is 11.5 Å². The van der Waals surface area contributed by atoms with Gasteiger partial charge < -0.3 is 5.32 Å². The highest BCUT2D eigenvalue weighted by Crippen LogP contribution is 2.45. The molecule has 1 N–H and O–H groups in total. The van der Waals surface area contributed by atoms with E-state index in [2.05, 4.69) is 11.4 Å². The maximum Gasteiger partial charge on any atom is 0.241 e. The number of nitrogens with zero attached hydrogens (tertiary/aromatic N) is 2. The van der Waals surface area contributed by atoms with Crippen molar-refractivity contribution in [3.63, 3.8) is 0 Å². The molecule has 3 fully saturated rings. The lowest BCUT2D eigenvalue weighted by Crippen LogP contribution is -2.51. The number of nitriles is 1. The Morgan fingerprint density at radius 2 is 2.00 bits per heavy atom. The third-order valence-electron chi connectivity index (χ3n) is 5.63. The molecule has 0 aromatic rings. The highest BCUT2D eigenvalue weighted by atomic mass is 16.2. The Labute approximate surface area is 136 Å². The summed E-state index contributed by atoms with van der Waals surface area (Å²) in [7, 11) is 0. The third kappa shape index (κ3) is 2.85. The van der Waals surface area contributed by atoms with E-state index in [1.54, 1.807) is 6.92 Å². The molecule has 3 aliphatic rings. The van der Waals surface area contributed by atoms with Crippen LogP contribution < -0.4 is 5.32 Å². The van der Waals surface area contributed by atoms with E-state index in [1.165, 1.54) is 0 Å². The van der Waals surface area contributed by atoms with Crippen molar-refractivity contribution in [1.82, 2.24) is 10.2 Å². The Morgan fingerprint density at radius 1 is 1.35 bits per heavy atom. The Bertz CT molecular complexity index is 584. The van der Waals surface area contributed by atoms with Crippen molar-refractivity contribution < 1.29 is 14.4 Å². The maximum absolute atomic E-state index is 12.7. The summed E-state index contributed by atoms with van der Waals surface area (Å²) in [6.07, 6.45) is 6.61. The second-order valence-corrected chi connectivity index (χ2v) is 7.44. The smallest absolute Gasteiger partial charge is 0.241 e. The summed E-state index contributed by atoms with van der Waals surface area (Å²) < 4.78 is 0. The van der Waals surface area contributed by atoms with E-state index in [9.17, 15) is 19.6 Å². The van der Waals surface area contributed by atoms with Crippen LogP contribution in [0.4, 0.5) is 0 Å². The number of imide groups is 1. The van der Waals surface area contributed by atoms with Crippen molar-refractivity contribution >= 4 is 17.7 Å². The van der Waals surface area contributed by atoms with Gasteiger partial charge in [0.1, 0.15) is 12.1 Å². The number of hydrogen-bond acceptors (Lipinski definition) is 4. The maximum atomic E-state index is 12.7. The minimum atomic E-state index is -0.897. The van der Waals surface area contributed by atoms with E-state index in [0.29, 0.717) is 0 Å². The molecule has 1 unspecified atom stereocenters. The van der Waals surface area contributed by atoms with E-state index >= 15 is 0 Å². The molecule has 3 amide bonds. The van der Waals surface area contributed by atoms with Gasteiger partial charge in [0.15, 0.2) is 0 Å². The summed E-state index contributed by atoms with van der Waals surface area (Å²) in [5.74, 6) is -0.693. The van der Waals surface area contributed by atoms with E-state index in [-0.39, 0.29) is 30.7 Å². The van der Waals surface area contributed by atoms with Gasteiger partial charge in [-0.1, -0.05) is 19.3 Å². The van der Waals surface area contributed by atoms with Crippen molar-refractivity contribution in [2.45, 2.75) is 63.8 Å². The van der Waals surface area contributed by atoms with E-state index < -0.39 is 16.9 Å². The largest absolute Gasteiger partial charge is 0.336 e. The average molecular weight is 317 g/mol. The van der Waals surface area contributed by atoms with Crippen LogP contribution in [0.1, 0.15) is 58.3 Å². The summed E-state index contributed by atoms with van der Waals surface area (Å²) in [6.45, 7) is 1.45. The van der Waals surface area contributed by atoms with Crippen molar-refractivity contribution in [2.24, 2.45) is 11.3 Å². The van der Waals surface area contributed by atoms with Crippen LogP contribution in [0.2, 0.25) is 0 Å². The second kappa shape index (κ2) is 5.63. The molecule has 0 bridgehead atoms. The number of carbonyl (C=O) groups excluding carboxylic acids is 3. The second-order valence-electron chi connectivity index (χ2n) is 7.44. The van der Waals surface area contributed by atoms with Gasteiger partial charge in [0, 0.05) is 6.42 Å². The van der Waals surface area contributed by atoms with E-state index in [1.807, 2.05) is 0 Å². The first-order valence-corrected chi connectivity index (χ1v) is 8.47. The topological polar surface area (TPSA) is 90.3 Å². The Hall–Kier alpha value is -1.90. The molecular weight excluding hydrogens is 294 g/mol. The molecule has 0 aromatic heterocycles. The SMILES string of the molecule is CC(C#N)(NC(=O)CN1C(=O)CC2(CCCCC2)C1=O)C1CC1. The van der Waals surface area contributed by atoms with Crippen molar-refractivity contribution in [3.8, 4) is 6.07 Å². The molecule has 2 aliphatic carbocycles. The molecule has 6 nitrogen and oxygen atoms in total. The van der Waals surface area contributed by atoms with Gasteiger partial charge in [0.25, 0.3) is 0 Å². The van der Waals surface area contributed by atoms with Gasteiger partial charge in [-0.3, -0.25) is 19.3 Å². The van der Waals surface area contributed by atoms with Gasteiger partial charge >= 0.3 is 0 Å². The standard InChI is InChI=1S/C17H23N3O3/c1-16(11-18,12-5-6-12)19-13(21)10-20-14(22)9-17(15(20)23)7-3-2-4-8-17/h12H,2-10H2,1H3,(H,19,21). The summed E-state index contributed by atoms with van der Waals surface area (Å²) in [4.78, 5) is 38.3. The molecule has 1 atom stereocenters. The zero-order valence-corrected chi connectivity index (χ0v) is 13.6. The van der Waals surface area contributed by atoms with Gasteiger partial charge in [-0.15, -0.1) is 0 Å². The van der Waals surface area contributed by atoms with Crippen LogP contribution in [0.15, 0.2) is 0 Å². The van der Waals surface area contributed by atoms with E-state index in [0.717, 1.165) is 49.8 Å². The molecule has 1 spiro atoms. The van der Waals surface area contributed by atoms with Crippen molar-refractivity contribution in [2.75, 3.05) is 6.54 Å². The molecule has 1 heterocycles. The third-order valence-corrected chi connectivity index (χ3v) is 5.63. The number of carbonyl (C=O) groups is 3. The molecule has 124 valence electrons. The Kier molecular flexibility index (Phi) is 3.91. The Morgan fingerprint density at radius 3 is 2.57 bits per heavy atom. The summed E-state index contributed by atoms with van der Waals surface area (Å²) in [6, 6.07) is 2.16. The number of nitrogens with one attached hydrogen (secondary N) is 1. The number of hydrogen-bond donors (Lipinski definition) is 1. The first-order chi connectivity index (χ1) is 10.9. The predicted molar refractivity (Wildman–Crippen MR) is 81.7 cm³/mol.